The van der Waals surface area contributed by atoms with E-state index in [0.29, 0.717) is 50.1 Å². The van der Waals surface area contributed by atoms with Crippen LogP contribution in [0.2, 0.25) is 0 Å². The summed E-state index contributed by atoms with van der Waals surface area (Å²) >= 11 is 0. The molecule has 2 aromatic rings. The molecule has 0 spiro atoms. The predicted octanol–water partition coefficient (Wildman–Crippen LogP) is 1.33. The first kappa shape index (κ1) is 22.3. The standard InChI is InChI=1S/C22H33N5O3/c1-4-12-26-17-23-19-18(26)20(28)27(21(29)24(19)3)16-6-5-10-22(2,30)11-9-15-25-13-7-8-14-25/h17,30H,4-8,10,12-16H2,1-3H3. The van der Waals surface area contributed by atoms with Gasteiger partial charge in [0.15, 0.2) is 11.2 Å². The minimum atomic E-state index is -1.06. The summed E-state index contributed by atoms with van der Waals surface area (Å²) in [6.45, 7) is 7.63. The Kier molecular flexibility index (Phi) is 7.16. The summed E-state index contributed by atoms with van der Waals surface area (Å²) in [4.78, 5) is 32.1. The lowest BCUT2D eigenvalue weighted by atomic mass is 9.99. The second kappa shape index (κ2) is 9.63. The number of nitrogens with zero attached hydrogens (tertiary/aromatic N) is 5. The number of aryl methyl sites for hydroxylation is 2. The minimum absolute atomic E-state index is 0.295. The second-order valence-electron chi connectivity index (χ2n) is 8.42. The van der Waals surface area contributed by atoms with E-state index >= 15 is 0 Å². The molecule has 2 aromatic heterocycles. The Morgan fingerprint density at radius 2 is 1.93 bits per heavy atom. The molecule has 0 bridgehead atoms. The molecule has 0 amide bonds. The maximum absolute atomic E-state index is 12.9. The quantitative estimate of drug-likeness (QED) is 0.519. The van der Waals surface area contributed by atoms with Gasteiger partial charge in [-0.3, -0.25) is 18.8 Å². The maximum atomic E-state index is 12.9. The molecule has 8 heteroatoms. The van der Waals surface area contributed by atoms with Gasteiger partial charge in [-0.1, -0.05) is 18.8 Å². The Balaban J connectivity index is 1.63. The van der Waals surface area contributed by atoms with Gasteiger partial charge in [0.05, 0.1) is 12.9 Å². The maximum Gasteiger partial charge on any atom is 0.332 e. The Morgan fingerprint density at radius 3 is 2.63 bits per heavy atom. The van der Waals surface area contributed by atoms with Gasteiger partial charge in [0.2, 0.25) is 0 Å². The highest BCUT2D eigenvalue weighted by Crippen LogP contribution is 2.13. The van der Waals surface area contributed by atoms with Crippen LogP contribution >= 0.6 is 0 Å². The van der Waals surface area contributed by atoms with Crippen molar-refractivity contribution in [1.29, 1.82) is 0 Å². The van der Waals surface area contributed by atoms with Gasteiger partial charge in [-0.2, -0.15) is 0 Å². The first-order valence-electron chi connectivity index (χ1n) is 10.9. The van der Waals surface area contributed by atoms with Crippen molar-refractivity contribution >= 4 is 11.2 Å². The van der Waals surface area contributed by atoms with E-state index in [1.54, 1.807) is 20.3 Å². The summed E-state index contributed by atoms with van der Waals surface area (Å²) in [7, 11) is 1.64. The Morgan fingerprint density at radius 1 is 1.20 bits per heavy atom. The van der Waals surface area contributed by atoms with Crippen LogP contribution in [0.1, 0.15) is 52.4 Å². The van der Waals surface area contributed by atoms with Crippen LogP contribution < -0.4 is 11.2 Å². The average molecular weight is 416 g/mol. The number of unbranched alkanes of at least 4 members (excludes halogenated alkanes) is 1. The number of likely N-dealkylation sites (tertiary alicyclic amines) is 1. The van der Waals surface area contributed by atoms with Crippen molar-refractivity contribution in [3.05, 3.63) is 27.2 Å². The molecule has 30 heavy (non-hydrogen) atoms. The van der Waals surface area contributed by atoms with Crippen molar-refractivity contribution in [3.63, 3.8) is 0 Å². The molecule has 0 radical (unpaired) electrons. The zero-order valence-electron chi connectivity index (χ0n) is 18.4. The third-order valence-corrected chi connectivity index (χ3v) is 5.72. The predicted molar refractivity (Wildman–Crippen MR) is 117 cm³/mol. The van der Waals surface area contributed by atoms with Gasteiger partial charge in [0.1, 0.15) is 5.60 Å². The molecule has 3 rings (SSSR count). The number of imidazole rings is 1. The Hall–Kier alpha value is -2.37. The van der Waals surface area contributed by atoms with E-state index in [1.807, 2.05) is 11.5 Å². The van der Waals surface area contributed by atoms with E-state index < -0.39 is 5.60 Å². The van der Waals surface area contributed by atoms with E-state index in [2.05, 4.69) is 21.7 Å². The number of aromatic nitrogens is 4. The minimum Gasteiger partial charge on any atom is -0.378 e. The fraction of sp³-hybridized carbons (Fsp3) is 0.682. The van der Waals surface area contributed by atoms with Crippen LogP contribution in [0.4, 0.5) is 0 Å². The van der Waals surface area contributed by atoms with Crippen molar-refractivity contribution in [2.75, 3.05) is 19.6 Å². The lowest BCUT2D eigenvalue weighted by molar-refractivity contribution is 0.108. The van der Waals surface area contributed by atoms with Crippen LogP contribution in [0.25, 0.3) is 11.2 Å². The van der Waals surface area contributed by atoms with Gasteiger partial charge in [-0.15, -0.1) is 0 Å². The first-order valence-corrected chi connectivity index (χ1v) is 10.9. The topological polar surface area (TPSA) is 85.3 Å². The van der Waals surface area contributed by atoms with Crippen LogP contribution in [0, 0.1) is 11.8 Å². The fourth-order valence-corrected chi connectivity index (χ4v) is 4.01. The number of hydrogen-bond acceptors (Lipinski definition) is 5. The summed E-state index contributed by atoms with van der Waals surface area (Å²) in [5, 5.41) is 10.5. The lowest BCUT2D eigenvalue weighted by Crippen LogP contribution is -2.39. The van der Waals surface area contributed by atoms with Crippen LogP contribution in [0.3, 0.4) is 0 Å². The molecule has 1 aliphatic rings. The van der Waals surface area contributed by atoms with E-state index in [4.69, 9.17) is 0 Å². The van der Waals surface area contributed by atoms with Gasteiger partial charge in [0, 0.05) is 20.1 Å². The van der Waals surface area contributed by atoms with Gasteiger partial charge in [-0.25, -0.2) is 9.78 Å². The molecule has 1 fully saturated rings. The van der Waals surface area contributed by atoms with E-state index in [-0.39, 0.29) is 11.2 Å². The number of rotatable bonds is 8. The van der Waals surface area contributed by atoms with Crippen LogP contribution in [0.5, 0.6) is 0 Å². The van der Waals surface area contributed by atoms with Crippen LogP contribution in [-0.2, 0) is 20.1 Å². The fourth-order valence-electron chi connectivity index (χ4n) is 4.01. The molecular weight excluding hydrogens is 382 g/mol. The van der Waals surface area contributed by atoms with Crippen molar-refractivity contribution in [1.82, 2.24) is 23.6 Å². The molecule has 164 valence electrons. The average Bonchev–Trinajstić information content (AvgIpc) is 3.36. The molecule has 0 saturated carbocycles. The largest absolute Gasteiger partial charge is 0.378 e. The number of aliphatic hydroxyl groups is 1. The second-order valence-corrected chi connectivity index (χ2v) is 8.42. The van der Waals surface area contributed by atoms with Gasteiger partial charge < -0.3 is 9.67 Å². The van der Waals surface area contributed by atoms with Gasteiger partial charge >= 0.3 is 5.69 Å². The molecule has 1 atom stereocenters. The number of hydrogen-bond donors (Lipinski definition) is 1. The van der Waals surface area contributed by atoms with Gasteiger partial charge in [-0.05, 0) is 58.5 Å². The zero-order valence-corrected chi connectivity index (χ0v) is 18.4. The molecule has 1 aliphatic heterocycles. The van der Waals surface area contributed by atoms with Crippen molar-refractivity contribution in [3.8, 4) is 11.8 Å². The molecule has 0 aromatic carbocycles. The third kappa shape index (κ3) is 5.02. The van der Waals surface area contributed by atoms with Gasteiger partial charge in [0.25, 0.3) is 5.56 Å². The molecule has 3 heterocycles. The molecule has 8 nitrogen and oxygen atoms in total. The monoisotopic (exact) mass is 415 g/mol. The summed E-state index contributed by atoms with van der Waals surface area (Å²) in [5.41, 5.74) is -0.813. The molecule has 1 saturated heterocycles. The lowest BCUT2D eigenvalue weighted by Gasteiger charge is -2.17. The highest BCUT2D eigenvalue weighted by atomic mass is 16.3. The normalized spacial score (nSPS) is 16.5. The number of fused-ring (bicyclic) bond motifs is 1. The molecule has 1 unspecified atom stereocenters. The smallest absolute Gasteiger partial charge is 0.332 e. The van der Waals surface area contributed by atoms with Crippen molar-refractivity contribution in [2.24, 2.45) is 7.05 Å². The summed E-state index contributed by atoms with van der Waals surface area (Å²) in [5.74, 6) is 6.07. The Labute approximate surface area is 177 Å². The summed E-state index contributed by atoms with van der Waals surface area (Å²) in [6.07, 6.45) is 6.74. The zero-order chi connectivity index (χ0) is 21.7. The van der Waals surface area contributed by atoms with Crippen molar-refractivity contribution in [2.45, 2.75) is 71.1 Å². The highest BCUT2D eigenvalue weighted by molar-refractivity contribution is 5.69. The molecule has 0 aliphatic carbocycles. The van der Waals surface area contributed by atoms with Crippen molar-refractivity contribution < 1.29 is 5.11 Å². The van der Waals surface area contributed by atoms with E-state index in [9.17, 15) is 14.7 Å². The van der Waals surface area contributed by atoms with E-state index in [0.717, 1.165) is 19.5 Å². The highest BCUT2D eigenvalue weighted by Gasteiger charge is 2.18. The molecular formula is C22H33N5O3. The summed E-state index contributed by atoms with van der Waals surface area (Å²) in [6, 6.07) is 0. The van der Waals surface area contributed by atoms with Crippen LogP contribution in [-0.4, -0.2) is 53.9 Å². The first-order chi connectivity index (χ1) is 14.3. The summed E-state index contributed by atoms with van der Waals surface area (Å²) < 4.78 is 4.53. The third-order valence-electron chi connectivity index (χ3n) is 5.72. The Bertz CT molecular complexity index is 1040. The SMILES string of the molecule is CCCn1cnc2c1c(=O)n(CCCCC(C)(O)C#CCN1CCCC1)c(=O)n2C. The molecule has 1 N–H and O–H groups in total. The van der Waals surface area contributed by atoms with Crippen LogP contribution in [0.15, 0.2) is 15.9 Å². The van der Waals surface area contributed by atoms with E-state index in [1.165, 1.54) is 22.0 Å².